The summed E-state index contributed by atoms with van der Waals surface area (Å²) >= 11 is 0. The van der Waals surface area contributed by atoms with Crippen molar-refractivity contribution in [1.82, 2.24) is 5.32 Å². The van der Waals surface area contributed by atoms with Crippen molar-refractivity contribution in [3.8, 4) is 0 Å². The zero-order valence-electron chi connectivity index (χ0n) is 10.4. The molecule has 0 aliphatic carbocycles. The van der Waals surface area contributed by atoms with Crippen LogP contribution in [0.3, 0.4) is 0 Å². The fraction of sp³-hybridized carbons (Fsp3) is 1.00. The quantitative estimate of drug-likeness (QED) is 0.663. The van der Waals surface area contributed by atoms with Crippen molar-refractivity contribution in [2.75, 3.05) is 6.54 Å². The van der Waals surface area contributed by atoms with Crippen LogP contribution in [0.4, 0.5) is 0 Å². The van der Waals surface area contributed by atoms with E-state index in [1.165, 1.54) is 6.42 Å². The highest BCUT2D eigenvalue weighted by atomic mass is 16.3. The molecule has 0 radical (unpaired) electrons. The van der Waals surface area contributed by atoms with Crippen LogP contribution in [0.25, 0.3) is 0 Å². The fourth-order valence-electron chi connectivity index (χ4n) is 1.40. The van der Waals surface area contributed by atoms with Crippen molar-refractivity contribution in [3.63, 3.8) is 0 Å². The minimum atomic E-state index is -0.542. The van der Waals surface area contributed by atoms with Gasteiger partial charge in [0.05, 0.1) is 5.60 Å². The van der Waals surface area contributed by atoms with E-state index >= 15 is 0 Å². The van der Waals surface area contributed by atoms with Crippen LogP contribution in [0.5, 0.6) is 0 Å². The van der Waals surface area contributed by atoms with Gasteiger partial charge in [-0.3, -0.25) is 0 Å². The minimum Gasteiger partial charge on any atom is -0.389 e. The van der Waals surface area contributed by atoms with Crippen molar-refractivity contribution in [1.29, 1.82) is 0 Å². The van der Waals surface area contributed by atoms with Gasteiger partial charge in [-0.1, -0.05) is 40.5 Å². The predicted molar refractivity (Wildman–Crippen MR) is 62.5 cm³/mol. The molecule has 2 nitrogen and oxygen atoms in total. The number of hydrogen-bond acceptors (Lipinski definition) is 2. The van der Waals surface area contributed by atoms with Crippen LogP contribution >= 0.6 is 0 Å². The van der Waals surface area contributed by atoms with E-state index in [-0.39, 0.29) is 0 Å². The normalized spacial score (nSPS) is 16.3. The number of rotatable bonds is 7. The third-order valence-electron chi connectivity index (χ3n) is 2.39. The first-order valence-corrected chi connectivity index (χ1v) is 5.79. The SMILES string of the molecule is CC(C)CCCC(C)(O)CNC(C)C. The summed E-state index contributed by atoms with van der Waals surface area (Å²) in [6.07, 6.45) is 3.22. The molecule has 0 aromatic rings. The maximum atomic E-state index is 10.0. The molecular formula is C12H27NO. The molecule has 0 saturated carbocycles. The van der Waals surface area contributed by atoms with Crippen molar-refractivity contribution >= 4 is 0 Å². The first kappa shape index (κ1) is 13.9. The third kappa shape index (κ3) is 8.52. The second kappa shape index (κ2) is 6.41. The monoisotopic (exact) mass is 201 g/mol. The van der Waals surface area contributed by atoms with Gasteiger partial charge < -0.3 is 10.4 Å². The van der Waals surface area contributed by atoms with Gasteiger partial charge >= 0.3 is 0 Å². The van der Waals surface area contributed by atoms with Crippen molar-refractivity contribution in [2.45, 2.75) is 65.5 Å². The molecular weight excluding hydrogens is 174 g/mol. The van der Waals surface area contributed by atoms with E-state index in [4.69, 9.17) is 0 Å². The maximum absolute atomic E-state index is 10.0. The summed E-state index contributed by atoms with van der Waals surface area (Å²) < 4.78 is 0. The maximum Gasteiger partial charge on any atom is 0.0743 e. The van der Waals surface area contributed by atoms with Crippen LogP contribution in [-0.2, 0) is 0 Å². The molecule has 14 heavy (non-hydrogen) atoms. The van der Waals surface area contributed by atoms with Gasteiger partial charge in [0, 0.05) is 12.6 Å². The molecule has 0 aromatic carbocycles. The molecule has 0 spiro atoms. The third-order valence-corrected chi connectivity index (χ3v) is 2.39. The molecule has 0 aromatic heterocycles. The topological polar surface area (TPSA) is 32.3 Å². The fourth-order valence-corrected chi connectivity index (χ4v) is 1.40. The van der Waals surface area contributed by atoms with E-state index in [0.717, 1.165) is 18.8 Å². The highest BCUT2D eigenvalue weighted by Gasteiger charge is 2.19. The van der Waals surface area contributed by atoms with Gasteiger partial charge in [0.2, 0.25) is 0 Å². The second-order valence-electron chi connectivity index (χ2n) is 5.32. The van der Waals surface area contributed by atoms with E-state index in [1.54, 1.807) is 0 Å². The lowest BCUT2D eigenvalue weighted by Crippen LogP contribution is -2.40. The Balaban J connectivity index is 3.61. The Morgan fingerprint density at radius 2 is 1.79 bits per heavy atom. The summed E-state index contributed by atoms with van der Waals surface area (Å²) in [7, 11) is 0. The summed E-state index contributed by atoms with van der Waals surface area (Å²) in [5, 5.41) is 13.3. The average molecular weight is 201 g/mol. The molecule has 0 saturated heterocycles. The second-order valence-corrected chi connectivity index (χ2v) is 5.32. The largest absolute Gasteiger partial charge is 0.389 e. The van der Waals surface area contributed by atoms with Crippen LogP contribution in [-0.4, -0.2) is 23.3 Å². The predicted octanol–water partition coefficient (Wildman–Crippen LogP) is 2.56. The lowest BCUT2D eigenvalue weighted by Gasteiger charge is -2.25. The highest BCUT2D eigenvalue weighted by molar-refractivity contribution is 4.76. The lowest BCUT2D eigenvalue weighted by molar-refractivity contribution is 0.0455. The van der Waals surface area contributed by atoms with Crippen LogP contribution in [0.15, 0.2) is 0 Å². The molecule has 1 unspecified atom stereocenters. The Morgan fingerprint density at radius 3 is 2.21 bits per heavy atom. The molecule has 0 aliphatic heterocycles. The zero-order valence-corrected chi connectivity index (χ0v) is 10.4. The summed E-state index contributed by atoms with van der Waals surface area (Å²) in [5.41, 5.74) is -0.542. The Kier molecular flexibility index (Phi) is 6.38. The van der Waals surface area contributed by atoms with Gasteiger partial charge in [-0.2, -0.15) is 0 Å². The molecule has 0 bridgehead atoms. The van der Waals surface area contributed by atoms with E-state index in [0.29, 0.717) is 12.6 Å². The van der Waals surface area contributed by atoms with Crippen molar-refractivity contribution in [3.05, 3.63) is 0 Å². The molecule has 0 heterocycles. The van der Waals surface area contributed by atoms with Crippen molar-refractivity contribution < 1.29 is 5.11 Å². The lowest BCUT2D eigenvalue weighted by atomic mass is 9.96. The Labute approximate surface area is 89.1 Å². The minimum absolute atomic E-state index is 0.451. The van der Waals surface area contributed by atoms with E-state index in [2.05, 4.69) is 33.0 Å². The molecule has 0 amide bonds. The number of hydrogen-bond donors (Lipinski definition) is 2. The van der Waals surface area contributed by atoms with Crippen LogP contribution in [0, 0.1) is 5.92 Å². The summed E-state index contributed by atoms with van der Waals surface area (Å²) in [4.78, 5) is 0. The van der Waals surface area contributed by atoms with E-state index < -0.39 is 5.60 Å². The Hall–Kier alpha value is -0.0800. The number of aliphatic hydroxyl groups is 1. The smallest absolute Gasteiger partial charge is 0.0743 e. The standard InChI is InChI=1S/C12H27NO/c1-10(2)7-6-8-12(5,14)9-13-11(3)4/h10-11,13-14H,6-9H2,1-5H3. The van der Waals surface area contributed by atoms with Gasteiger partial charge in [-0.05, 0) is 19.3 Å². The average Bonchev–Trinajstić information content (AvgIpc) is 2.00. The molecule has 0 aliphatic rings. The summed E-state index contributed by atoms with van der Waals surface area (Å²) in [5.74, 6) is 0.740. The highest BCUT2D eigenvalue weighted by Crippen LogP contribution is 2.15. The first-order chi connectivity index (χ1) is 6.33. The summed E-state index contributed by atoms with van der Waals surface area (Å²) in [6, 6.07) is 0.451. The van der Waals surface area contributed by atoms with E-state index in [9.17, 15) is 5.11 Å². The summed E-state index contributed by atoms with van der Waals surface area (Å²) in [6.45, 7) is 11.3. The van der Waals surface area contributed by atoms with Gasteiger partial charge in [0.1, 0.15) is 0 Å². The number of nitrogens with one attached hydrogen (secondary N) is 1. The molecule has 2 N–H and O–H groups in total. The molecule has 86 valence electrons. The first-order valence-electron chi connectivity index (χ1n) is 5.79. The Morgan fingerprint density at radius 1 is 1.21 bits per heavy atom. The van der Waals surface area contributed by atoms with Crippen LogP contribution < -0.4 is 5.32 Å². The van der Waals surface area contributed by atoms with Gasteiger partial charge in [0.25, 0.3) is 0 Å². The molecule has 0 rings (SSSR count). The molecule has 2 heteroatoms. The Bertz CT molecular complexity index is 141. The van der Waals surface area contributed by atoms with E-state index in [1.807, 2.05) is 6.92 Å². The van der Waals surface area contributed by atoms with Gasteiger partial charge in [-0.15, -0.1) is 0 Å². The zero-order chi connectivity index (χ0) is 11.2. The van der Waals surface area contributed by atoms with Gasteiger partial charge in [-0.25, -0.2) is 0 Å². The molecule has 0 fully saturated rings. The van der Waals surface area contributed by atoms with Crippen molar-refractivity contribution in [2.24, 2.45) is 5.92 Å². The van der Waals surface area contributed by atoms with Crippen LogP contribution in [0.1, 0.15) is 53.9 Å². The van der Waals surface area contributed by atoms with Gasteiger partial charge in [0.15, 0.2) is 0 Å². The van der Waals surface area contributed by atoms with Crippen LogP contribution in [0.2, 0.25) is 0 Å². The molecule has 1 atom stereocenters.